The van der Waals surface area contributed by atoms with E-state index in [9.17, 15) is 14.4 Å². The summed E-state index contributed by atoms with van der Waals surface area (Å²) in [6.07, 6.45) is 1.13. The number of carboxylic acids is 3. The summed E-state index contributed by atoms with van der Waals surface area (Å²) in [6, 6.07) is 9.72. The van der Waals surface area contributed by atoms with Crippen LogP contribution in [-0.2, 0) is 34.0 Å². The van der Waals surface area contributed by atoms with Gasteiger partial charge in [-0.3, -0.25) is 14.5 Å². The largest absolute Gasteiger partial charge is 0.497 e. The summed E-state index contributed by atoms with van der Waals surface area (Å²) in [5, 5.41) is 33.8. The number of ether oxygens (including phenoxy) is 2. The number of aliphatic hydroxyl groups is 1. The fourth-order valence-corrected chi connectivity index (χ4v) is 3.51. The molecule has 0 saturated heterocycles. The molecule has 3 rings (SSSR count). The van der Waals surface area contributed by atoms with Gasteiger partial charge in [-0.1, -0.05) is 0 Å². The molecule has 0 radical (unpaired) electrons. The third-order valence-corrected chi connectivity index (χ3v) is 5.43. The average Bonchev–Trinajstić information content (AvgIpc) is 3.50. The van der Waals surface area contributed by atoms with Crippen molar-refractivity contribution in [2.45, 2.75) is 45.0 Å². The Morgan fingerprint density at radius 3 is 2.18 bits per heavy atom. The second kappa shape index (κ2) is 13.8. The van der Waals surface area contributed by atoms with Crippen molar-refractivity contribution >= 4 is 17.9 Å². The van der Waals surface area contributed by atoms with Gasteiger partial charge in [0.1, 0.15) is 17.3 Å². The molecule has 0 spiro atoms. The SMILES string of the molecule is COc1ccc(OC)c(CN(Cc2ccco2)Cc2nc[nH]c2C)c1.O=C(O)CC(O)(CC(=O)O)C(=O)O. The maximum Gasteiger partial charge on any atom is 0.336 e. The van der Waals surface area contributed by atoms with Crippen molar-refractivity contribution in [3.63, 3.8) is 0 Å². The van der Waals surface area contributed by atoms with E-state index in [1.54, 1.807) is 26.8 Å². The molecule has 0 aliphatic carbocycles. The molecule has 0 atom stereocenters. The van der Waals surface area contributed by atoms with Gasteiger partial charge in [-0.05, 0) is 37.3 Å². The second-order valence-corrected chi connectivity index (χ2v) is 8.35. The van der Waals surface area contributed by atoms with E-state index in [2.05, 4.69) is 14.9 Å². The molecule has 0 aliphatic heterocycles. The number of aryl methyl sites for hydroxylation is 1. The Kier molecular flexibility index (Phi) is 10.9. The van der Waals surface area contributed by atoms with Gasteiger partial charge in [0.2, 0.25) is 0 Å². The van der Waals surface area contributed by atoms with E-state index in [1.807, 2.05) is 37.3 Å². The van der Waals surface area contributed by atoms with Crippen LogP contribution in [0.4, 0.5) is 0 Å². The highest BCUT2D eigenvalue weighted by Crippen LogP contribution is 2.26. The molecule has 2 heterocycles. The summed E-state index contributed by atoms with van der Waals surface area (Å²) in [6.45, 7) is 4.10. The standard InChI is InChI=1S/C19H23N3O3.C6H8O7/c1-14-18(21-13-20-14)12-22(11-17-5-4-8-25-17)10-15-9-16(23-2)6-7-19(15)24-3;7-3(8)1-6(13,5(11)12)2-4(9)10/h4-9,13H,10-12H2,1-3H3,(H,20,21);13H,1-2H2,(H,7,8)(H,9,10)(H,11,12). The van der Waals surface area contributed by atoms with Crippen molar-refractivity contribution in [3.8, 4) is 11.5 Å². The van der Waals surface area contributed by atoms with Crippen molar-refractivity contribution in [2.24, 2.45) is 0 Å². The van der Waals surface area contributed by atoms with Gasteiger partial charge in [-0.2, -0.15) is 0 Å². The lowest BCUT2D eigenvalue weighted by atomic mass is 9.96. The van der Waals surface area contributed by atoms with Crippen LogP contribution in [0.2, 0.25) is 0 Å². The molecule has 38 heavy (non-hydrogen) atoms. The number of aliphatic carboxylic acids is 3. The van der Waals surface area contributed by atoms with Crippen molar-refractivity contribution in [2.75, 3.05) is 14.2 Å². The van der Waals surface area contributed by atoms with Gasteiger partial charge in [0.05, 0.1) is 51.9 Å². The number of imidazole rings is 1. The highest BCUT2D eigenvalue weighted by molar-refractivity contribution is 5.88. The lowest BCUT2D eigenvalue weighted by Gasteiger charge is -2.22. The van der Waals surface area contributed by atoms with Gasteiger partial charge >= 0.3 is 17.9 Å². The van der Waals surface area contributed by atoms with E-state index < -0.39 is 36.4 Å². The molecule has 13 nitrogen and oxygen atoms in total. The first kappa shape index (κ1) is 29.9. The minimum Gasteiger partial charge on any atom is -0.497 e. The quantitative estimate of drug-likeness (QED) is 0.215. The minimum absolute atomic E-state index is 0.680. The topological polar surface area (TPSA) is 196 Å². The zero-order valence-corrected chi connectivity index (χ0v) is 21.2. The van der Waals surface area contributed by atoms with E-state index >= 15 is 0 Å². The van der Waals surface area contributed by atoms with Gasteiger partial charge in [0.25, 0.3) is 0 Å². The molecule has 3 aromatic rings. The number of carboxylic acid groups (broad SMARTS) is 3. The molecular weight excluding hydrogens is 502 g/mol. The smallest absolute Gasteiger partial charge is 0.336 e. The number of hydrogen-bond acceptors (Lipinski definition) is 9. The number of rotatable bonds is 13. The Hall–Kier alpha value is -4.36. The molecule has 0 saturated carbocycles. The van der Waals surface area contributed by atoms with Gasteiger partial charge in [-0.25, -0.2) is 9.78 Å². The fourth-order valence-electron chi connectivity index (χ4n) is 3.51. The molecule has 0 amide bonds. The first-order valence-corrected chi connectivity index (χ1v) is 11.3. The third-order valence-electron chi connectivity index (χ3n) is 5.43. The summed E-state index contributed by atoms with van der Waals surface area (Å²) in [5.41, 5.74) is 0.412. The van der Waals surface area contributed by atoms with Crippen LogP contribution in [0.15, 0.2) is 47.3 Å². The summed E-state index contributed by atoms with van der Waals surface area (Å²) in [5.74, 6) is -2.46. The van der Waals surface area contributed by atoms with Crippen LogP contribution >= 0.6 is 0 Å². The summed E-state index contributed by atoms with van der Waals surface area (Å²) in [7, 11) is 3.35. The molecule has 0 unspecified atom stereocenters. The zero-order valence-electron chi connectivity index (χ0n) is 21.2. The highest BCUT2D eigenvalue weighted by atomic mass is 16.5. The number of aromatic amines is 1. The average molecular weight is 534 g/mol. The maximum absolute atomic E-state index is 10.3. The molecule has 0 aliphatic rings. The van der Waals surface area contributed by atoms with Crippen LogP contribution in [-0.4, -0.2) is 73.0 Å². The van der Waals surface area contributed by atoms with Crippen molar-refractivity contribution in [1.82, 2.24) is 14.9 Å². The van der Waals surface area contributed by atoms with E-state index in [1.165, 1.54) is 0 Å². The zero-order chi connectivity index (χ0) is 28.3. The van der Waals surface area contributed by atoms with Crippen LogP contribution in [0.1, 0.15) is 35.6 Å². The third kappa shape index (κ3) is 8.94. The Bertz CT molecular complexity index is 1190. The number of methoxy groups -OCH3 is 2. The first-order chi connectivity index (χ1) is 18.0. The van der Waals surface area contributed by atoms with Crippen LogP contribution < -0.4 is 9.47 Å². The monoisotopic (exact) mass is 533 g/mol. The van der Waals surface area contributed by atoms with Crippen LogP contribution in [0.25, 0.3) is 0 Å². The Morgan fingerprint density at radius 2 is 1.71 bits per heavy atom. The Labute approximate surface area is 218 Å². The van der Waals surface area contributed by atoms with Crippen molar-refractivity contribution < 1.29 is 48.7 Å². The number of benzene rings is 1. The number of H-pyrrole nitrogens is 1. The maximum atomic E-state index is 10.3. The fraction of sp³-hybridized carbons (Fsp3) is 0.360. The van der Waals surface area contributed by atoms with Crippen LogP contribution in [0.5, 0.6) is 11.5 Å². The predicted octanol–water partition coefficient (Wildman–Crippen LogP) is 2.28. The van der Waals surface area contributed by atoms with Gasteiger partial charge in [0.15, 0.2) is 5.60 Å². The highest BCUT2D eigenvalue weighted by Gasteiger charge is 2.40. The molecule has 5 N–H and O–H groups in total. The van der Waals surface area contributed by atoms with Gasteiger partial charge < -0.3 is 39.3 Å². The summed E-state index contributed by atoms with van der Waals surface area (Å²) in [4.78, 5) is 40.3. The minimum atomic E-state index is -2.74. The number of hydrogen-bond donors (Lipinski definition) is 5. The number of aromatic nitrogens is 2. The van der Waals surface area contributed by atoms with Gasteiger partial charge in [0, 0.05) is 24.3 Å². The predicted molar refractivity (Wildman–Crippen MR) is 132 cm³/mol. The number of carbonyl (C=O) groups is 3. The molecule has 0 fully saturated rings. The van der Waals surface area contributed by atoms with E-state index in [0.717, 1.165) is 34.2 Å². The summed E-state index contributed by atoms with van der Waals surface area (Å²) < 4.78 is 16.4. The lowest BCUT2D eigenvalue weighted by Crippen LogP contribution is -2.42. The van der Waals surface area contributed by atoms with Crippen molar-refractivity contribution in [3.05, 3.63) is 65.6 Å². The first-order valence-electron chi connectivity index (χ1n) is 11.3. The van der Waals surface area contributed by atoms with Crippen LogP contribution in [0, 0.1) is 6.92 Å². The molecule has 2 aromatic heterocycles. The van der Waals surface area contributed by atoms with Gasteiger partial charge in [-0.15, -0.1) is 0 Å². The van der Waals surface area contributed by atoms with Crippen LogP contribution in [0.3, 0.4) is 0 Å². The van der Waals surface area contributed by atoms with E-state index in [4.69, 9.17) is 34.3 Å². The number of nitrogens with zero attached hydrogens (tertiary/aromatic N) is 2. The normalized spacial score (nSPS) is 11.0. The molecule has 206 valence electrons. The lowest BCUT2D eigenvalue weighted by molar-refractivity contribution is -0.170. The second-order valence-electron chi connectivity index (χ2n) is 8.35. The summed E-state index contributed by atoms with van der Waals surface area (Å²) >= 11 is 0. The number of furan rings is 1. The molecule has 0 bridgehead atoms. The number of nitrogens with one attached hydrogen (secondary N) is 1. The Balaban J connectivity index is 0.000000332. The van der Waals surface area contributed by atoms with E-state index in [-0.39, 0.29) is 0 Å². The molecular formula is C25H31N3O10. The molecule has 1 aromatic carbocycles. The van der Waals surface area contributed by atoms with E-state index in [0.29, 0.717) is 19.6 Å². The van der Waals surface area contributed by atoms with Crippen molar-refractivity contribution in [1.29, 1.82) is 0 Å². The molecule has 13 heteroatoms. The Morgan fingerprint density at radius 1 is 1.03 bits per heavy atom.